The molecule has 0 radical (unpaired) electrons. The number of nitrogens with one attached hydrogen (secondary N) is 1. The van der Waals surface area contributed by atoms with Crippen molar-refractivity contribution in [2.24, 2.45) is 0 Å². The highest BCUT2D eigenvalue weighted by Crippen LogP contribution is 2.29. The Hall–Kier alpha value is -2.13. The fraction of sp³-hybridized carbons (Fsp3) is 0.267. The van der Waals surface area contributed by atoms with Crippen molar-refractivity contribution in [2.45, 2.75) is 13.3 Å². The lowest BCUT2D eigenvalue weighted by Crippen LogP contribution is -2.14. The van der Waals surface area contributed by atoms with E-state index in [9.17, 15) is 0 Å². The summed E-state index contributed by atoms with van der Waals surface area (Å²) >= 11 is 3.48. The Morgan fingerprint density at radius 3 is 2.67 bits per heavy atom. The minimum atomic E-state index is 0.607. The van der Waals surface area contributed by atoms with Crippen molar-refractivity contribution in [3.05, 3.63) is 40.5 Å². The maximum atomic E-state index is 8.85. The van der Waals surface area contributed by atoms with Crippen molar-refractivity contribution in [1.82, 2.24) is 9.97 Å². The summed E-state index contributed by atoms with van der Waals surface area (Å²) < 4.78 is 0.816. The van der Waals surface area contributed by atoms with Crippen LogP contribution in [0.15, 0.2) is 34.9 Å². The molecule has 6 heteroatoms. The third-order valence-electron chi connectivity index (χ3n) is 2.96. The predicted molar refractivity (Wildman–Crippen MR) is 87.7 cm³/mol. The van der Waals surface area contributed by atoms with Gasteiger partial charge in [-0.05, 0) is 46.6 Å². The van der Waals surface area contributed by atoms with Crippen LogP contribution in [-0.4, -0.2) is 23.6 Å². The molecule has 0 aliphatic carbocycles. The summed E-state index contributed by atoms with van der Waals surface area (Å²) in [6.45, 7) is 2.93. The van der Waals surface area contributed by atoms with E-state index >= 15 is 0 Å². The molecular formula is C15H16BrN5. The SMILES string of the molecule is CCCNc1ncc(Br)c(N(C)c2ccc(C#N)cc2)n1. The van der Waals surface area contributed by atoms with Gasteiger partial charge in [-0.1, -0.05) is 6.92 Å². The summed E-state index contributed by atoms with van der Waals surface area (Å²) in [6, 6.07) is 9.48. The van der Waals surface area contributed by atoms with Crippen LogP contribution in [0.3, 0.4) is 0 Å². The van der Waals surface area contributed by atoms with Crippen LogP contribution >= 0.6 is 15.9 Å². The molecule has 21 heavy (non-hydrogen) atoms. The van der Waals surface area contributed by atoms with Crippen molar-refractivity contribution >= 4 is 33.4 Å². The average molecular weight is 346 g/mol. The first kappa shape index (κ1) is 15.3. The second-order valence-corrected chi connectivity index (χ2v) is 5.36. The molecule has 1 aromatic heterocycles. The molecular weight excluding hydrogens is 330 g/mol. The zero-order valence-electron chi connectivity index (χ0n) is 12.0. The molecule has 1 aromatic carbocycles. The molecule has 0 amide bonds. The van der Waals surface area contributed by atoms with E-state index < -0.39 is 0 Å². The molecule has 0 spiro atoms. The summed E-state index contributed by atoms with van der Waals surface area (Å²) in [7, 11) is 1.93. The van der Waals surface area contributed by atoms with Gasteiger partial charge in [0.15, 0.2) is 5.82 Å². The molecule has 0 fully saturated rings. The zero-order chi connectivity index (χ0) is 15.2. The molecule has 0 bridgehead atoms. The Labute approximate surface area is 132 Å². The first-order chi connectivity index (χ1) is 10.2. The number of halogens is 1. The highest BCUT2D eigenvalue weighted by molar-refractivity contribution is 9.10. The van der Waals surface area contributed by atoms with Gasteiger partial charge in [0.05, 0.1) is 16.1 Å². The minimum Gasteiger partial charge on any atom is -0.354 e. The Morgan fingerprint density at radius 1 is 1.33 bits per heavy atom. The van der Waals surface area contributed by atoms with E-state index in [2.05, 4.69) is 44.2 Å². The van der Waals surface area contributed by atoms with Crippen LogP contribution in [0.5, 0.6) is 0 Å². The topological polar surface area (TPSA) is 64.8 Å². The summed E-state index contributed by atoms with van der Waals surface area (Å²) in [5, 5.41) is 12.0. The second-order valence-electron chi connectivity index (χ2n) is 4.51. The first-order valence-corrected chi connectivity index (χ1v) is 7.45. The number of benzene rings is 1. The molecule has 0 saturated heterocycles. The molecule has 0 aliphatic heterocycles. The van der Waals surface area contributed by atoms with E-state index in [4.69, 9.17) is 5.26 Å². The van der Waals surface area contributed by atoms with Gasteiger partial charge in [-0.25, -0.2) is 4.98 Å². The van der Waals surface area contributed by atoms with E-state index in [1.165, 1.54) is 0 Å². The van der Waals surface area contributed by atoms with Crippen LogP contribution in [0, 0.1) is 11.3 Å². The highest BCUT2D eigenvalue weighted by atomic mass is 79.9. The summed E-state index contributed by atoms with van der Waals surface area (Å²) in [6.07, 6.45) is 2.75. The number of hydrogen-bond donors (Lipinski definition) is 1. The monoisotopic (exact) mass is 345 g/mol. The molecule has 2 rings (SSSR count). The first-order valence-electron chi connectivity index (χ1n) is 6.66. The van der Waals surface area contributed by atoms with Crippen LogP contribution in [0.25, 0.3) is 0 Å². The van der Waals surface area contributed by atoms with Gasteiger partial charge in [-0.2, -0.15) is 10.2 Å². The molecule has 5 nitrogen and oxygen atoms in total. The third-order valence-corrected chi connectivity index (χ3v) is 3.52. The van der Waals surface area contributed by atoms with Crippen LogP contribution in [0.2, 0.25) is 0 Å². The second kappa shape index (κ2) is 7.04. The van der Waals surface area contributed by atoms with Gasteiger partial charge >= 0.3 is 0 Å². The van der Waals surface area contributed by atoms with Gasteiger partial charge in [-0.3, -0.25) is 0 Å². The van der Waals surface area contributed by atoms with Crippen LogP contribution in [-0.2, 0) is 0 Å². The van der Waals surface area contributed by atoms with Gasteiger partial charge < -0.3 is 10.2 Å². The molecule has 1 N–H and O–H groups in total. The number of hydrogen-bond acceptors (Lipinski definition) is 5. The highest BCUT2D eigenvalue weighted by Gasteiger charge is 2.11. The number of rotatable bonds is 5. The molecule has 1 heterocycles. The standard InChI is InChI=1S/C15H16BrN5/c1-3-8-18-15-19-10-13(16)14(20-15)21(2)12-6-4-11(9-17)5-7-12/h4-7,10H,3,8H2,1-2H3,(H,18,19,20). The largest absolute Gasteiger partial charge is 0.354 e. The predicted octanol–water partition coefficient (Wildman–Crippen LogP) is 3.70. The summed E-state index contributed by atoms with van der Waals surface area (Å²) in [4.78, 5) is 10.7. The van der Waals surface area contributed by atoms with Gasteiger partial charge in [-0.15, -0.1) is 0 Å². The fourth-order valence-electron chi connectivity index (χ4n) is 1.80. The number of nitrogens with zero attached hydrogens (tertiary/aromatic N) is 4. The van der Waals surface area contributed by atoms with Crippen LogP contribution in [0.4, 0.5) is 17.5 Å². The lowest BCUT2D eigenvalue weighted by Gasteiger charge is -2.20. The Morgan fingerprint density at radius 2 is 2.05 bits per heavy atom. The lowest BCUT2D eigenvalue weighted by atomic mass is 10.2. The minimum absolute atomic E-state index is 0.607. The Balaban J connectivity index is 2.28. The summed E-state index contributed by atoms with van der Waals surface area (Å²) in [5.74, 6) is 1.38. The third kappa shape index (κ3) is 3.70. The quantitative estimate of drug-likeness (QED) is 0.894. The zero-order valence-corrected chi connectivity index (χ0v) is 13.6. The Kier molecular flexibility index (Phi) is 5.12. The van der Waals surface area contributed by atoms with E-state index in [0.717, 1.165) is 28.9 Å². The van der Waals surface area contributed by atoms with Gasteiger partial charge in [0, 0.05) is 25.5 Å². The van der Waals surface area contributed by atoms with Crippen molar-refractivity contribution < 1.29 is 0 Å². The van der Waals surface area contributed by atoms with Gasteiger partial charge in [0.25, 0.3) is 0 Å². The van der Waals surface area contributed by atoms with Crippen molar-refractivity contribution in [3.63, 3.8) is 0 Å². The molecule has 2 aromatic rings. The van der Waals surface area contributed by atoms with E-state index in [-0.39, 0.29) is 0 Å². The van der Waals surface area contributed by atoms with Crippen molar-refractivity contribution in [1.29, 1.82) is 5.26 Å². The smallest absolute Gasteiger partial charge is 0.224 e. The van der Waals surface area contributed by atoms with E-state index in [1.54, 1.807) is 18.3 Å². The number of aromatic nitrogens is 2. The van der Waals surface area contributed by atoms with Crippen LogP contribution in [0.1, 0.15) is 18.9 Å². The van der Waals surface area contributed by atoms with E-state index in [0.29, 0.717) is 11.5 Å². The summed E-state index contributed by atoms with van der Waals surface area (Å²) in [5.41, 5.74) is 1.59. The molecule has 0 unspecified atom stereocenters. The lowest BCUT2D eigenvalue weighted by molar-refractivity contribution is 0.946. The normalized spacial score (nSPS) is 10.0. The van der Waals surface area contributed by atoms with Gasteiger partial charge in [0.2, 0.25) is 5.95 Å². The van der Waals surface area contributed by atoms with Crippen molar-refractivity contribution in [3.8, 4) is 6.07 Å². The Bertz CT molecular complexity index is 648. The number of nitriles is 1. The maximum absolute atomic E-state index is 8.85. The molecule has 0 saturated carbocycles. The van der Waals surface area contributed by atoms with E-state index in [1.807, 2.05) is 24.1 Å². The van der Waals surface area contributed by atoms with Crippen LogP contribution < -0.4 is 10.2 Å². The molecule has 0 atom stereocenters. The molecule has 0 aliphatic rings. The maximum Gasteiger partial charge on any atom is 0.224 e. The fourth-order valence-corrected chi connectivity index (χ4v) is 2.25. The molecule has 108 valence electrons. The number of anilines is 3. The van der Waals surface area contributed by atoms with Gasteiger partial charge in [0.1, 0.15) is 0 Å². The van der Waals surface area contributed by atoms with Crippen molar-refractivity contribution in [2.75, 3.05) is 23.8 Å². The average Bonchev–Trinajstić information content (AvgIpc) is 2.53.